The molecule has 0 aliphatic carbocycles. The molecule has 0 bridgehead atoms. The van der Waals surface area contributed by atoms with Crippen LogP contribution in [0.15, 0.2) is 27.6 Å². The Balaban J connectivity index is 2.15. The molecular weight excluding hydrogens is 412 g/mol. The average Bonchev–Trinajstić information content (AvgIpc) is 2.60. The van der Waals surface area contributed by atoms with Gasteiger partial charge in [0.15, 0.2) is 0 Å². The van der Waals surface area contributed by atoms with Crippen LogP contribution in [0.25, 0.3) is 0 Å². The van der Waals surface area contributed by atoms with E-state index in [1.165, 1.54) is 25.3 Å². The van der Waals surface area contributed by atoms with Gasteiger partial charge >= 0.3 is 5.97 Å². The molecule has 1 fully saturated rings. The molecular formula is C16H23BrN2O5S. The highest BCUT2D eigenvalue weighted by Crippen LogP contribution is 2.22. The van der Waals surface area contributed by atoms with Crippen molar-refractivity contribution in [2.75, 3.05) is 40.0 Å². The highest BCUT2D eigenvalue weighted by Gasteiger charge is 2.30. The zero-order valence-corrected chi connectivity index (χ0v) is 16.9. The second-order valence-electron chi connectivity index (χ2n) is 6.37. The lowest BCUT2D eigenvalue weighted by atomic mass is 10.0. The van der Waals surface area contributed by atoms with Crippen molar-refractivity contribution in [3.63, 3.8) is 0 Å². The monoisotopic (exact) mass is 434 g/mol. The molecule has 1 N–H and O–H groups in total. The number of sulfonamides is 1. The summed E-state index contributed by atoms with van der Waals surface area (Å²) in [6, 6.07) is 4.27. The second kappa shape index (κ2) is 8.13. The fourth-order valence-corrected chi connectivity index (χ4v) is 4.21. The van der Waals surface area contributed by atoms with Crippen molar-refractivity contribution in [1.82, 2.24) is 9.62 Å². The molecule has 1 saturated heterocycles. The van der Waals surface area contributed by atoms with Gasteiger partial charge in [-0.2, -0.15) is 0 Å². The summed E-state index contributed by atoms with van der Waals surface area (Å²) in [6.07, 6.45) is 0. The van der Waals surface area contributed by atoms with Crippen molar-refractivity contribution in [2.24, 2.45) is 0 Å². The van der Waals surface area contributed by atoms with Gasteiger partial charge in [-0.1, -0.05) is 0 Å². The summed E-state index contributed by atoms with van der Waals surface area (Å²) in [5, 5.41) is 0. The van der Waals surface area contributed by atoms with E-state index in [0.717, 1.165) is 13.1 Å². The molecule has 1 heterocycles. The minimum Gasteiger partial charge on any atom is -0.465 e. The number of halogens is 1. The molecule has 1 aromatic rings. The zero-order chi connectivity index (χ0) is 18.7. The molecule has 0 saturated carbocycles. The number of carbonyl (C=O) groups excluding carboxylic acids is 1. The summed E-state index contributed by atoms with van der Waals surface area (Å²) in [4.78, 5) is 14.0. The Bertz CT molecular complexity index is 730. The number of hydrogen-bond donors (Lipinski definition) is 1. The number of morpholine rings is 1. The maximum absolute atomic E-state index is 12.6. The van der Waals surface area contributed by atoms with E-state index in [-0.39, 0.29) is 22.5 Å². The van der Waals surface area contributed by atoms with Crippen LogP contribution in [-0.2, 0) is 19.5 Å². The maximum atomic E-state index is 12.6. The standard InChI is InChI=1S/C16H23BrN2O5S/c1-16(2,19-6-8-24-9-7-19)11-18-25(21,22)12-4-5-14(17)13(10-12)15(20)23-3/h4-5,10,18H,6-9,11H2,1-3H3. The van der Waals surface area contributed by atoms with Crippen molar-refractivity contribution in [3.8, 4) is 0 Å². The third-order valence-electron chi connectivity index (χ3n) is 4.22. The molecule has 7 nitrogen and oxygen atoms in total. The summed E-state index contributed by atoms with van der Waals surface area (Å²) >= 11 is 3.23. The van der Waals surface area contributed by atoms with Gasteiger partial charge in [0.1, 0.15) is 0 Å². The van der Waals surface area contributed by atoms with Gasteiger partial charge in [-0.15, -0.1) is 0 Å². The molecule has 0 radical (unpaired) electrons. The molecule has 0 amide bonds. The van der Waals surface area contributed by atoms with E-state index in [1.807, 2.05) is 13.8 Å². The van der Waals surface area contributed by atoms with Crippen LogP contribution in [0, 0.1) is 0 Å². The second-order valence-corrected chi connectivity index (χ2v) is 8.99. The fraction of sp³-hybridized carbons (Fsp3) is 0.562. The van der Waals surface area contributed by atoms with E-state index < -0.39 is 16.0 Å². The zero-order valence-electron chi connectivity index (χ0n) is 14.5. The molecule has 1 aliphatic rings. The first-order valence-electron chi connectivity index (χ1n) is 7.88. The van der Waals surface area contributed by atoms with E-state index in [9.17, 15) is 13.2 Å². The van der Waals surface area contributed by atoms with Gasteiger partial charge < -0.3 is 9.47 Å². The summed E-state index contributed by atoms with van der Waals surface area (Å²) in [5.41, 5.74) is -0.185. The molecule has 0 unspecified atom stereocenters. The van der Waals surface area contributed by atoms with Crippen LogP contribution < -0.4 is 4.72 Å². The molecule has 1 aliphatic heterocycles. The third kappa shape index (κ3) is 5.01. The Kier molecular flexibility index (Phi) is 6.61. The van der Waals surface area contributed by atoms with Crippen LogP contribution in [0.1, 0.15) is 24.2 Å². The Morgan fingerprint density at radius 1 is 1.36 bits per heavy atom. The molecule has 2 rings (SSSR count). The first kappa shape index (κ1) is 20.3. The van der Waals surface area contributed by atoms with E-state index in [0.29, 0.717) is 17.7 Å². The molecule has 140 valence electrons. The highest BCUT2D eigenvalue weighted by atomic mass is 79.9. The number of esters is 1. The normalized spacial score (nSPS) is 16.6. The predicted molar refractivity (Wildman–Crippen MR) is 97.1 cm³/mol. The van der Waals surface area contributed by atoms with Gasteiger partial charge in [0.2, 0.25) is 10.0 Å². The number of ether oxygens (including phenoxy) is 2. The lowest BCUT2D eigenvalue weighted by Crippen LogP contribution is -2.55. The minimum absolute atomic E-state index is 0.0221. The number of nitrogens with zero attached hydrogens (tertiary/aromatic N) is 1. The van der Waals surface area contributed by atoms with Crippen molar-refractivity contribution in [2.45, 2.75) is 24.3 Å². The number of benzene rings is 1. The van der Waals surface area contributed by atoms with E-state index in [1.54, 1.807) is 0 Å². The van der Waals surface area contributed by atoms with Crippen molar-refractivity contribution < 1.29 is 22.7 Å². The first-order chi connectivity index (χ1) is 11.7. The number of hydrogen-bond acceptors (Lipinski definition) is 6. The van der Waals surface area contributed by atoms with Crippen LogP contribution in [-0.4, -0.2) is 64.8 Å². The molecule has 9 heteroatoms. The summed E-state index contributed by atoms with van der Waals surface area (Å²) < 4.78 is 38.4. The number of carbonyl (C=O) groups is 1. The predicted octanol–water partition coefficient (Wildman–Crippen LogP) is 1.62. The van der Waals surface area contributed by atoms with Crippen LogP contribution in [0.2, 0.25) is 0 Å². The average molecular weight is 435 g/mol. The molecule has 0 spiro atoms. The van der Waals surface area contributed by atoms with Crippen molar-refractivity contribution in [3.05, 3.63) is 28.2 Å². The first-order valence-corrected chi connectivity index (χ1v) is 10.2. The van der Waals surface area contributed by atoms with Gasteiger partial charge in [0.05, 0.1) is 30.8 Å². The van der Waals surface area contributed by atoms with Crippen molar-refractivity contribution >= 4 is 31.9 Å². The highest BCUT2D eigenvalue weighted by molar-refractivity contribution is 9.10. The SMILES string of the molecule is COC(=O)c1cc(S(=O)(=O)NCC(C)(C)N2CCOCC2)ccc1Br. The van der Waals surface area contributed by atoms with Gasteiger partial charge in [-0.25, -0.2) is 17.9 Å². The summed E-state index contributed by atoms with van der Waals surface area (Å²) in [6.45, 7) is 7.04. The lowest BCUT2D eigenvalue weighted by molar-refractivity contribution is -0.00803. The summed E-state index contributed by atoms with van der Waals surface area (Å²) in [7, 11) is -2.50. The number of nitrogens with one attached hydrogen (secondary N) is 1. The van der Waals surface area contributed by atoms with Crippen LogP contribution in [0.5, 0.6) is 0 Å². The Hall–Kier alpha value is -1.00. The fourth-order valence-electron chi connectivity index (χ4n) is 2.57. The quantitative estimate of drug-likeness (QED) is 0.684. The Labute approximate surface area is 156 Å². The van der Waals surface area contributed by atoms with Crippen LogP contribution in [0.4, 0.5) is 0 Å². The van der Waals surface area contributed by atoms with Gasteiger partial charge in [0.25, 0.3) is 0 Å². The molecule has 1 aromatic carbocycles. The van der Waals surface area contributed by atoms with Crippen molar-refractivity contribution in [1.29, 1.82) is 0 Å². The molecule has 25 heavy (non-hydrogen) atoms. The number of rotatable bonds is 6. The molecule has 0 aromatic heterocycles. The third-order valence-corrected chi connectivity index (χ3v) is 6.31. The van der Waals surface area contributed by atoms with Gasteiger partial charge in [0, 0.05) is 29.6 Å². The van der Waals surface area contributed by atoms with Gasteiger partial charge in [-0.3, -0.25) is 4.90 Å². The number of methoxy groups -OCH3 is 1. The summed E-state index contributed by atoms with van der Waals surface area (Å²) in [5.74, 6) is -0.599. The minimum atomic E-state index is -3.75. The van der Waals surface area contributed by atoms with Crippen LogP contribution in [0.3, 0.4) is 0 Å². The Morgan fingerprint density at radius 3 is 2.60 bits per heavy atom. The topological polar surface area (TPSA) is 84.9 Å². The lowest BCUT2D eigenvalue weighted by Gasteiger charge is -2.40. The smallest absolute Gasteiger partial charge is 0.339 e. The van der Waals surface area contributed by atoms with E-state index in [2.05, 4.69) is 30.3 Å². The van der Waals surface area contributed by atoms with Gasteiger partial charge in [-0.05, 0) is 48.0 Å². The van der Waals surface area contributed by atoms with E-state index in [4.69, 9.17) is 4.74 Å². The largest absolute Gasteiger partial charge is 0.465 e. The van der Waals surface area contributed by atoms with Crippen LogP contribution >= 0.6 is 15.9 Å². The Morgan fingerprint density at radius 2 is 2.00 bits per heavy atom. The molecule has 0 atom stereocenters. The maximum Gasteiger partial charge on any atom is 0.339 e. The van der Waals surface area contributed by atoms with E-state index >= 15 is 0 Å².